The van der Waals surface area contributed by atoms with Gasteiger partial charge in [-0.05, 0) is 49.6 Å². The fraction of sp³-hybridized carbons (Fsp3) is 0.600. The van der Waals surface area contributed by atoms with Crippen molar-refractivity contribution in [2.24, 2.45) is 11.8 Å². The van der Waals surface area contributed by atoms with Crippen molar-refractivity contribution in [3.05, 3.63) is 24.3 Å². The van der Waals surface area contributed by atoms with E-state index in [1.54, 1.807) is 43.3 Å². The topological polar surface area (TPSA) is 70.7 Å². The fourth-order valence-corrected chi connectivity index (χ4v) is 3.46. The van der Waals surface area contributed by atoms with Gasteiger partial charge >= 0.3 is 0 Å². The van der Waals surface area contributed by atoms with E-state index in [1.165, 1.54) is 6.42 Å². The van der Waals surface area contributed by atoms with E-state index in [0.29, 0.717) is 17.5 Å². The number of hydrogen-bond donors (Lipinski definition) is 2. The summed E-state index contributed by atoms with van der Waals surface area (Å²) in [6.45, 7) is 4.84. The van der Waals surface area contributed by atoms with E-state index in [4.69, 9.17) is 4.74 Å². The zero-order valence-electron chi connectivity index (χ0n) is 16.2. The van der Waals surface area contributed by atoms with Gasteiger partial charge in [-0.25, -0.2) is 0 Å². The molecular weight excluding hydrogens is 330 g/mol. The van der Waals surface area contributed by atoms with E-state index in [-0.39, 0.29) is 30.9 Å². The first-order valence-corrected chi connectivity index (χ1v) is 9.31. The largest absolute Gasteiger partial charge is 0.497 e. The molecule has 0 unspecified atom stereocenters. The second-order valence-electron chi connectivity index (χ2n) is 7.39. The summed E-state index contributed by atoms with van der Waals surface area (Å²) >= 11 is 0. The van der Waals surface area contributed by atoms with Crippen LogP contribution in [0.2, 0.25) is 0 Å². The number of hydrogen-bond acceptors (Lipinski definition) is 4. The monoisotopic (exact) mass is 361 g/mol. The van der Waals surface area contributed by atoms with Gasteiger partial charge in [-0.1, -0.05) is 26.7 Å². The highest BCUT2D eigenvalue weighted by Gasteiger charge is 2.28. The molecule has 2 N–H and O–H groups in total. The number of benzene rings is 1. The van der Waals surface area contributed by atoms with Crippen LogP contribution in [0.4, 0.5) is 5.69 Å². The molecule has 6 heteroatoms. The van der Waals surface area contributed by atoms with Gasteiger partial charge in [-0.15, -0.1) is 0 Å². The molecule has 26 heavy (non-hydrogen) atoms. The van der Waals surface area contributed by atoms with Crippen LogP contribution in [0.5, 0.6) is 5.75 Å². The van der Waals surface area contributed by atoms with E-state index >= 15 is 0 Å². The maximum absolute atomic E-state index is 12.3. The van der Waals surface area contributed by atoms with Crippen molar-refractivity contribution in [3.8, 4) is 5.75 Å². The molecule has 0 aromatic heterocycles. The van der Waals surface area contributed by atoms with Gasteiger partial charge in [0.2, 0.25) is 11.8 Å². The molecule has 2 amide bonds. The molecule has 0 bridgehead atoms. The van der Waals surface area contributed by atoms with Crippen LogP contribution in [-0.2, 0) is 9.59 Å². The zero-order valence-corrected chi connectivity index (χ0v) is 16.2. The summed E-state index contributed by atoms with van der Waals surface area (Å²) in [5.74, 6) is 1.71. The first kappa shape index (κ1) is 20.2. The molecular formula is C20H31N3O3. The predicted molar refractivity (Wildman–Crippen MR) is 103 cm³/mol. The van der Waals surface area contributed by atoms with E-state index in [1.807, 2.05) is 0 Å². The average Bonchev–Trinajstić information content (AvgIpc) is 2.59. The molecule has 0 aliphatic heterocycles. The Morgan fingerprint density at radius 1 is 1.12 bits per heavy atom. The molecule has 1 aliphatic rings. The highest BCUT2D eigenvalue weighted by atomic mass is 16.5. The molecule has 1 aliphatic carbocycles. The summed E-state index contributed by atoms with van der Waals surface area (Å²) in [6.07, 6.45) is 3.44. The number of anilines is 1. The lowest BCUT2D eigenvalue weighted by Gasteiger charge is -2.34. The third kappa shape index (κ3) is 6.02. The Labute approximate surface area is 156 Å². The minimum atomic E-state index is -0.148. The predicted octanol–water partition coefficient (Wildman–Crippen LogP) is 2.51. The summed E-state index contributed by atoms with van der Waals surface area (Å²) in [7, 11) is 3.38. The smallest absolute Gasteiger partial charge is 0.238 e. The number of nitrogens with zero attached hydrogens (tertiary/aromatic N) is 1. The second-order valence-corrected chi connectivity index (χ2v) is 7.39. The van der Waals surface area contributed by atoms with Crippen molar-refractivity contribution >= 4 is 17.5 Å². The van der Waals surface area contributed by atoms with Gasteiger partial charge in [0.25, 0.3) is 0 Å². The second kappa shape index (κ2) is 9.57. The van der Waals surface area contributed by atoms with E-state index < -0.39 is 0 Å². The summed E-state index contributed by atoms with van der Waals surface area (Å²) in [4.78, 5) is 26.1. The number of amides is 2. The summed E-state index contributed by atoms with van der Waals surface area (Å²) in [6, 6.07) is 7.40. The van der Waals surface area contributed by atoms with Crippen LogP contribution in [0.3, 0.4) is 0 Å². The number of rotatable bonds is 7. The van der Waals surface area contributed by atoms with Crippen LogP contribution in [0.15, 0.2) is 24.3 Å². The van der Waals surface area contributed by atoms with Crippen LogP contribution in [-0.4, -0.2) is 50.0 Å². The lowest BCUT2D eigenvalue weighted by Crippen LogP contribution is -2.47. The summed E-state index contributed by atoms with van der Waals surface area (Å²) in [5.41, 5.74) is 0.707. The number of nitrogens with one attached hydrogen (secondary N) is 2. The average molecular weight is 361 g/mol. The van der Waals surface area contributed by atoms with Crippen LogP contribution < -0.4 is 15.4 Å². The molecule has 144 valence electrons. The van der Waals surface area contributed by atoms with E-state index in [9.17, 15) is 9.59 Å². The molecule has 0 saturated heterocycles. The van der Waals surface area contributed by atoms with Crippen LogP contribution in [0, 0.1) is 11.8 Å². The van der Waals surface area contributed by atoms with Crippen molar-refractivity contribution < 1.29 is 14.3 Å². The van der Waals surface area contributed by atoms with Crippen LogP contribution >= 0.6 is 0 Å². The van der Waals surface area contributed by atoms with Crippen molar-refractivity contribution in [3.63, 3.8) is 0 Å². The van der Waals surface area contributed by atoms with Gasteiger partial charge < -0.3 is 15.4 Å². The first-order valence-electron chi connectivity index (χ1n) is 9.31. The van der Waals surface area contributed by atoms with Crippen LogP contribution in [0.25, 0.3) is 0 Å². The fourth-order valence-electron chi connectivity index (χ4n) is 3.46. The lowest BCUT2D eigenvalue weighted by molar-refractivity contribution is -0.124. The quantitative estimate of drug-likeness (QED) is 0.783. The number of carbonyl (C=O) groups is 2. The lowest BCUT2D eigenvalue weighted by atomic mass is 9.78. The molecule has 0 heterocycles. The third-order valence-electron chi connectivity index (χ3n) is 5.25. The minimum Gasteiger partial charge on any atom is -0.497 e. The molecule has 3 atom stereocenters. The van der Waals surface area contributed by atoms with Crippen molar-refractivity contribution in [1.82, 2.24) is 10.2 Å². The Kier molecular flexibility index (Phi) is 7.45. The first-order chi connectivity index (χ1) is 12.4. The molecule has 1 saturated carbocycles. The Morgan fingerprint density at radius 2 is 1.77 bits per heavy atom. The molecule has 1 fully saturated rings. The Bertz CT molecular complexity index is 603. The molecule has 2 rings (SSSR count). The van der Waals surface area contributed by atoms with Gasteiger partial charge in [0, 0.05) is 11.7 Å². The molecule has 0 spiro atoms. The van der Waals surface area contributed by atoms with Crippen molar-refractivity contribution in [2.45, 2.75) is 39.2 Å². The van der Waals surface area contributed by atoms with Gasteiger partial charge in [-0.2, -0.15) is 0 Å². The van der Waals surface area contributed by atoms with Gasteiger partial charge in [-0.3, -0.25) is 14.5 Å². The van der Waals surface area contributed by atoms with Crippen LogP contribution in [0.1, 0.15) is 33.1 Å². The van der Waals surface area contributed by atoms with Crippen molar-refractivity contribution in [2.75, 3.05) is 32.6 Å². The summed E-state index contributed by atoms with van der Waals surface area (Å²) < 4.78 is 5.09. The van der Waals surface area contributed by atoms with E-state index in [0.717, 1.165) is 18.6 Å². The number of ether oxygens (including phenoxy) is 1. The number of methoxy groups -OCH3 is 1. The standard InChI is InChI=1S/C20H31N3O3/c1-14-6-5-7-18(15(14)2)22-20(25)13-23(3)12-19(24)21-16-8-10-17(26-4)11-9-16/h8-11,14-15,18H,5-7,12-13H2,1-4H3,(H,21,24)(H,22,25)/t14-,15+,18-/m0/s1. The molecule has 0 radical (unpaired) electrons. The third-order valence-corrected chi connectivity index (χ3v) is 5.25. The van der Waals surface area contributed by atoms with Gasteiger partial charge in [0.1, 0.15) is 5.75 Å². The Balaban J connectivity index is 1.75. The maximum Gasteiger partial charge on any atom is 0.238 e. The molecule has 1 aromatic carbocycles. The number of carbonyl (C=O) groups excluding carboxylic acids is 2. The SMILES string of the molecule is COc1ccc(NC(=O)CN(C)CC(=O)N[C@H]2CCC[C@H](C)[C@H]2C)cc1. The number of likely N-dealkylation sites (N-methyl/N-ethyl adjacent to an activating group) is 1. The highest BCUT2D eigenvalue weighted by molar-refractivity contribution is 5.92. The molecule has 1 aromatic rings. The maximum atomic E-state index is 12.3. The molecule has 6 nitrogen and oxygen atoms in total. The van der Waals surface area contributed by atoms with Crippen molar-refractivity contribution in [1.29, 1.82) is 0 Å². The Hall–Kier alpha value is -2.08. The minimum absolute atomic E-state index is 0.0179. The van der Waals surface area contributed by atoms with E-state index in [2.05, 4.69) is 24.5 Å². The highest BCUT2D eigenvalue weighted by Crippen LogP contribution is 2.29. The Morgan fingerprint density at radius 3 is 2.42 bits per heavy atom. The zero-order chi connectivity index (χ0) is 19.1. The van der Waals surface area contributed by atoms with Gasteiger partial charge in [0.05, 0.1) is 20.2 Å². The normalized spacial score (nSPS) is 22.7. The van der Waals surface area contributed by atoms with Gasteiger partial charge in [0.15, 0.2) is 0 Å². The summed E-state index contributed by atoms with van der Waals surface area (Å²) in [5, 5.41) is 5.96.